The van der Waals surface area contributed by atoms with Crippen molar-refractivity contribution in [3.63, 3.8) is 0 Å². The zero-order valence-electron chi connectivity index (χ0n) is 17.0. The first kappa shape index (κ1) is 17.5. The van der Waals surface area contributed by atoms with Crippen LogP contribution in [0.2, 0.25) is 0 Å². The molecule has 1 atom stereocenters. The molecule has 0 saturated heterocycles. The van der Waals surface area contributed by atoms with Gasteiger partial charge in [0.2, 0.25) is 0 Å². The van der Waals surface area contributed by atoms with Gasteiger partial charge in [0, 0.05) is 5.92 Å². The summed E-state index contributed by atoms with van der Waals surface area (Å²) in [6.45, 7) is 0. The second-order valence-corrected chi connectivity index (χ2v) is 8.46. The van der Waals surface area contributed by atoms with E-state index in [1.54, 1.807) is 0 Å². The summed E-state index contributed by atoms with van der Waals surface area (Å²) in [5.74, 6) is 0.535. The number of rotatable bonds is 1. The van der Waals surface area contributed by atoms with Crippen molar-refractivity contribution in [2.75, 3.05) is 0 Å². The predicted octanol–water partition coefficient (Wildman–Crippen LogP) is 7.47. The standard InChI is InChI=1S/C18H14.C12H10/c1-2-6-13(7-3-1)17-12-15-10-4-8-14-9-5-11-16(17)18(14)15;1-3-9-4-2-6-11-8-7-10(5-1)12(9)11/h1-11,17H,12H2;1-6H,7-8H2. The summed E-state index contributed by atoms with van der Waals surface area (Å²) >= 11 is 0. The molecule has 0 heteroatoms. The maximum Gasteiger partial charge on any atom is 0.0136 e. The lowest BCUT2D eigenvalue weighted by atomic mass is 9.92. The van der Waals surface area contributed by atoms with Crippen LogP contribution in [0.3, 0.4) is 0 Å². The molecule has 7 rings (SSSR count). The van der Waals surface area contributed by atoms with E-state index in [9.17, 15) is 0 Å². The van der Waals surface area contributed by atoms with E-state index in [-0.39, 0.29) is 0 Å². The van der Waals surface area contributed by atoms with Gasteiger partial charge in [0.05, 0.1) is 0 Å². The molecule has 0 saturated carbocycles. The van der Waals surface area contributed by atoms with Gasteiger partial charge in [-0.3, -0.25) is 0 Å². The van der Waals surface area contributed by atoms with Crippen LogP contribution in [0.5, 0.6) is 0 Å². The molecule has 144 valence electrons. The van der Waals surface area contributed by atoms with Crippen molar-refractivity contribution in [2.45, 2.75) is 25.2 Å². The van der Waals surface area contributed by atoms with E-state index >= 15 is 0 Å². The third-order valence-corrected chi connectivity index (χ3v) is 6.77. The lowest BCUT2D eigenvalue weighted by molar-refractivity contribution is 0.848. The highest BCUT2D eigenvalue weighted by Gasteiger charge is 2.24. The van der Waals surface area contributed by atoms with Gasteiger partial charge < -0.3 is 0 Å². The SMILES string of the molecule is c1cc2c3c(cccc3c1)CC2.c1ccc(C2Cc3cccc4cccc2c34)cc1. The molecule has 1 unspecified atom stereocenters. The molecule has 0 amide bonds. The van der Waals surface area contributed by atoms with E-state index in [1.807, 2.05) is 0 Å². The summed E-state index contributed by atoms with van der Waals surface area (Å²) in [7, 11) is 0. The van der Waals surface area contributed by atoms with E-state index in [2.05, 4.69) is 103 Å². The fourth-order valence-electron chi connectivity index (χ4n) is 5.41. The Bertz CT molecular complexity index is 1320. The van der Waals surface area contributed by atoms with Crippen LogP contribution in [0.25, 0.3) is 21.5 Å². The highest BCUT2D eigenvalue weighted by molar-refractivity contribution is 5.92. The first-order valence-electron chi connectivity index (χ1n) is 10.9. The molecule has 0 fully saturated rings. The average molecular weight is 385 g/mol. The largest absolute Gasteiger partial charge is 0.0622 e. The molecule has 30 heavy (non-hydrogen) atoms. The first-order valence-corrected chi connectivity index (χ1v) is 10.9. The molecule has 0 bridgehead atoms. The molecule has 0 aromatic heterocycles. The fourth-order valence-corrected chi connectivity index (χ4v) is 5.41. The van der Waals surface area contributed by atoms with Crippen molar-refractivity contribution < 1.29 is 0 Å². The van der Waals surface area contributed by atoms with Crippen molar-refractivity contribution in [1.29, 1.82) is 0 Å². The van der Waals surface area contributed by atoms with Crippen LogP contribution in [0, 0.1) is 0 Å². The molecule has 0 radical (unpaired) electrons. The quantitative estimate of drug-likeness (QED) is 0.281. The molecule has 0 N–H and O–H groups in total. The molecule has 0 heterocycles. The molecule has 2 aliphatic rings. The van der Waals surface area contributed by atoms with Crippen LogP contribution < -0.4 is 0 Å². The Morgan fingerprint density at radius 2 is 1.03 bits per heavy atom. The van der Waals surface area contributed by atoms with Gasteiger partial charge in [0.15, 0.2) is 0 Å². The summed E-state index contributed by atoms with van der Waals surface area (Å²) < 4.78 is 0. The molecule has 0 spiro atoms. The topological polar surface area (TPSA) is 0 Å². The van der Waals surface area contributed by atoms with Crippen LogP contribution >= 0.6 is 0 Å². The predicted molar refractivity (Wildman–Crippen MR) is 127 cm³/mol. The lowest BCUT2D eigenvalue weighted by Gasteiger charge is -2.11. The molecule has 2 aliphatic carbocycles. The minimum atomic E-state index is 0.535. The Morgan fingerprint density at radius 1 is 0.467 bits per heavy atom. The van der Waals surface area contributed by atoms with Crippen LogP contribution in [-0.2, 0) is 19.3 Å². The fraction of sp³-hybridized carbons (Fsp3) is 0.133. The molecule has 0 nitrogen and oxygen atoms in total. The van der Waals surface area contributed by atoms with E-state index in [0.29, 0.717) is 5.92 Å². The highest BCUT2D eigenvalue weighted by atomic mass is 14.3. The Morgan fingerprint density at radius 3 is 1.70 bits per heavy atom. The summed E-state index contributed by atoms with van der Waals surface area (Å²) in [6.07, 6.45) is 3.61. The number of benzene rings is 5. The molecular weight excluding hydrogens is 360 g/mol. The van der Waals surface area contributed by atoms with Gasteiger partial charge in [-0.25, -0.2) is 0 Å². The van der Waals surface area contributed by atoms with Gasteiger partial charge in [0.25, 0.3) is 0 Å². The van der Waals surface area contributed by atoms with E-state index in [4.69, 9.17) is 0 Å². The minimum Gasteiger partial charge on any atom is -0.0622 e. The molecule has 0 aliphatic heterocycles. The smallest absolute Gasteiger partial charge is 0.0136 e. The monoisotopic (exact) mass is 384 g/mol. The Hall–Kier alpha value is -3.38. The van der Waals surface area contributed by atoms with Crippen molar-refractivity contribution in [1.82, 2.24) is 0 Å². The van der Waals surface area contributed by atoms with Crippen LogP contribution in [0.15, 0.2) is 103 Å². The molecule has 5 aromatic rings. The van der Waals surface area contributed by atoms with E-state index < -0.39 is 0 Å². The second-order valence-electron chi connectivity index (χ2n) is 8.46. The Kier molecular flexibility index (Phi) is 4.16. The maximum absolute atomic E-state index is 2.29. The van der Waals surface area contributed by atoms with Gasteiger partial charge >= 0.3 is 0 Å². The van der Waals surface area contributed by atoms with Crippen LogP contribution in [-0.4, -0.2) is 0 Å². The molecular formula is C30H24. The first-order chi connectivity index (χ1) is 14.9. The Balaban J connectivity index is 0.000000126. The average Bonchev–Trinajstić information content (AvgIpc) is 3.40. The van der Waals surface area contributed by atoms with Crippen molar-refractivity contribution >= 4 is 21.5 Å². The van der Waals surface area contributed by atoms with Gasteiger partial charge in [-0.15, -0.1) is 0 Å². The second kappa shape index (κ2) is 7.15. The Labute approximate surface area is 177 Å². The van der Waals surface area contributed by atoms with Crippen molar-refractivity contribution in [2.24, 2.45) is 0 Å². The van der Waals surface area contributed by atoms with E-state index in [0.717, 1.165) is 6.42 Å². The number of hydrogen-bond donors (Lipinski definition) is 0. The molecule has 5 aromatic carbocycles. The zero-order chi connectivity index (χ0) is 19.9. The zero-order valence-corrected chi connectivity index (χ0v) is 17.0. The van der Waals surface area contributed by atoms with Crippen molar-refractivity contribution in [3.05, 3.63) is 131 Å². The highest BCUT2D eigenvalue weighted by Crippen LogP contribution is 2.41. The van der Waals surface area contributed by atoms with Crippen LogP contribution in [0.4, 0.5) is 0 Å². The van der Waals surface area contributed by atoms with Crippen molar-refractivity contribution in [3.8, 4) is 0 Å². The summed E-state index contributed by atoms with van der Waals surface area (Å²) in [5, 5.41) is 5.78. The summed E-state index contributed by atoms with van der Waals surface area (Å²) in [5.41, 5.74) is 7.48. The van der Waals surface area contributed by atoms with Gasteiger partial charge in [-0.1, -0.05) is 103 Å². The summed E-state index contributed by atoms with van der Waals surface area (Å²) in [6, 6.07) is 37.4. The van der Waals surface area contributed by atoms with Gasteiger partial charge in [-0.05, 0) is 68.6 Å². The third-order valence-electron chi connectivity index (χ3n) is 6.77. The normalized spacial score (nSPS) is 15.9. The maximum atomic E-state index is 2.29. The summed E-state index contributed by atoms with van der Waals surface area (Å²) in [4.78, 5) is 0. The number of hydrogen-bond acceptors (Lipinski definition) is 0. The van der Waals surface area contributed by atoms with Gasteiger partial charge in [0.1, 0.15) is 0 Å². The van der Waals surface area contributed by atoms with Crippen LogP contribution in [0.1, 0.15) is 33.7 Å². The number of aryl methyl sites for hydroxylation is 2. The minimum absolute atomic E-state index is 0.535. The third kappa shape index (κ3) is 2.83. The van der Waals surface area contributed by atoms with E-state index in [1.165, 1.54) is 62.2 Å². The van der Waals surface area contributed by atoms with Gasteiger partial charge in [-0.2, -0.15) is 0 Å². The lowest BCUT2D eigenvalue weighted by Crippen LogP contribution is -1.97.